The molecular formula is C13H14ClN5O2. The second kappa shape index (κ2) is 5.84. The number of aromatic nitrogens is 2. The highest BCUT2D eigenvalue weighted by molar-refractivity contribution is 6.31. The number of halogens is 1. The number of hydrogen-bond acceptors (Lipinski definition) is 4. The van der Waals surface area contributed by atoms with E-state index in [1.807, 2.05) is 0 Å². The van der Waals surface area contributed by atoms with Crippen LogP contribution in [0.2, 0.25) is 5.02 Å². The maximum Gasteiger partial charge on any atom is 0.251 e. The number of nitrogens with two attached hydrogens (primary N) is 2. The van der Waals surface area contributed by atoms with Crippen molar-refractivity contribution in [3.8, 4) is 0 Å². The first-order valence-corrected chi connectivity index (χ1v) is 6.46. The predicted molar refractivity (Wildman–Crippen MR) is 80.0 cm³/mol. The zero-order valence-corrected chi connectivity index (χ0v) is 12.0. The van der Waals surface area contributed by atoms with Crippen molar-refractivity contribution in [2.75, 3.05) is 11.1 Å². The third-order valence-corrected chi connectivity index (χ3v) is 3.17. The molecule has 0 saturated carbocycles. The summed E-state index contributed by atoms with van der Waals surface area (Å²) < 4.78 is 1.34. The summed E-state index contributed by atoms with van der Waals surface area (Å²) in [7, 11) is 0. The van der Waals surface area contributed by atoms with Gasteiger partial charge in [0.2, 0.25) is 5.91 Å². The van der Waals surface area contributed by atoms with E-state index >= 15 is 0 Å². The van der Waals surface area contributed by atoms with E-state index in [-0.39, 0.29) is 11.5 Å². The lowest BCUT2D eigenvalue weighted by Gasteiger charge is -2.14. The summed E-state index contributed by atoms with van der Waals surface area (Å²) >= 11 is 5.86. The van der Waals surface area contributed by atoms with Gasteiger partial charge in [-0.2, -0.15) is 5.10 Å². The molecule has 0 radical (unpaired) electrons. The number of anilines is 2. The predicted octanol–water partition coefficient (Wildman–Crippen LogP) is 1.42. The molecule has 1 atom stereocenters. The number of carbonyl (C=O) groups is 2. The molecule has 0 fully saturated rings. The van der Waals surface area contributed by atoms with Crippen LogP contribution in [0.15, 0.2) is 30.6 Å². The van der Waals surface area contributed by atoms with Crippen molar-refractivity contribution < 1.29 is 9.59 Å². The molecule has 2 amide bonds. The molecule has 0 aliphatic rings. The molecular weight excluding hydrogens is 294 g/mol. The van der Waals surface area contributed by atoms with Crippen molar-refractivity contribution in [1.29, 1.82) is 0 Å². The lowest BCUT2D eigenvalue weighted by atomic mass is 10.2. The van der Waals surface area contributed by atoms with Crippen LogP contribution in [0.25, 0.3) is 0 Å². The quantitative estimate of drug-likeness (QED) is 0.740. The minimum Gasteiger partial charge on any atom is -0.397 e. The van der Waals surface area contributed by atoms with E-state index in [0.29, 0.717) is 16.4 Å². The molecule has 1 heterocycles. The van der Waals surface area contributed by atoms with Crippen LogP contribution in [0.1, 0.15) is 23.3 Å². The normalized spacial score (nSPS) is 11.9. The summed E-state index contributed by atoms with van der Waals surface area (Å²) in [5, 5.41) is 7.06. The van der Waals surface area contributed by atoms with Gasteiger partial charge in [-0.3, -0.25) is 14.3 Å². The van der Waals surface area contributed by atoms with Crippen molar-refractivity contribution in [3.63, 3.8) is 0 Å². The van der Waals surface area contributed by atoms with E-state index < -0.39 is 11.9 Å². The van der Waals surface area contributed by atoms with Gasteiger partial charge in [-0.1, -0.05) is 11.6 Å². The van der Waals surface area contributed by atoms with Gasteiger partial charge in [-0.05, 0) is 25.1 Å². The van der Waals surface area contributed by atoms with Gasteiger partial charge in [-0.25, -0.2) is 0 Å². The van der Waals surface area contributed by atoms with Gasteiger partial charge < -0.3 is 16.8 Å². The molecule has 1 aromatic carbocycles. The molecule has 110 valence electrons. The zero-order chi connectivity index (χ0) is 15.6. The average molecular weight is 308 g/mol. The number of nitrogens with one attached hydrogen (secondary N) is 1. The molecule has 5 N–H and O–H groups in total. The Balaban J connectivity index is 2.15. The monoisotopic (exact) mass is 307 g/mol. The Morgan fingerprint density at radius 1 is 1.43 bits per heavy atom. The molecule has 0 saturated heterocycles. The van der Waals surface area contributed by atoms with E-state index in [9.17, 15) is 9.59 Å². The molecule has 0 aliphatic heterocycles. The van der Waals surface area contributed by atoms with E-state index in [1.54, 1.807) is 25.1 Å². The van der Waals surface area contributed by atoms with Gasteiger partial charge in [0.1, 0.15) is 6.04 Å². The second-order valence-electron chi connectivity index (χ2n) is 4.47. The smallest absolute Gasteiger partial charge is 0.251 e. The Morgan fingerprint density at radius 3 is 2.76 bits per heavy atom. The number of hydrogen-bond donors (Lipinski definition) is 3. The lowest BCUT2D eigenvalue weighted by Crippen LogP contribution is -2.24. The van der Waals surface area contributed by atoms with Crippen molar-refractivity contribution in [3.05, 3.63) is 41.2 Å². The fourth-order valence-corrected chi connectivity index (χ4v) is 1.84. The van der Waals surface area contributed by atoms with Gasteiger partial charge in [0.15, 0.2) is 0 Å². The van der Waals surface area contributed by atoms with Crippen molar-refractivity contribution in [2.24, 2.45) is 5.73 Å². The molecule has 0 bridgehead atoms. The van der Waals surface area contributed by atoms with E-state index in [2.05, 4.69) is 10.4 Å². The lowest BCUT2D eigenvalue weighted by molar-refractivity contribution is -0.119. The number of carbonyl (C=O) groups excluding carboxylic acids is 2. The molecule has 0 aliphatic carbocycles. The Bertz CT molecular complexity index is 698. The third kappa shape index (κ3) is 3.32. The van der Waals surface area contributed by atoms with E-state index in [0.717, 1.165) is 0 Å². The summed E-state index contributed by atoms with van der Waals surface area (Å²) in [6.45, 7) is 1.63. The maximum absolute atomic E-state index is 12.2. The summed E-state index contributed by atoms with van der Waals surface area (Å²) in [5.41, 5.74) is 12.0. The topological polar surface area (TPSA) is 116 Å². The fourth-order valence-electron chi connectivity index (χ4n) is 1.67. The van der Waals surface area contributed by atoms with Crippen LogP contribution >= 0.6 is 11.6 Å². The Morgan fingerprint density at radius 2 is 2.14 bits per heavy atom. The van der Waals surface area contributed by atoms with Gasteiger partial charge in [0.05, 0.1) is 23.1 Å². The van der Waals surface area contributed by atoms with Gasteiger partial charge in [0, 0.05) is 11.2 Å². The SMILES string of the molecule is CC(C(=O)Nc1cc(Cl)ccc1N)n1cc(C(N)=O)cn1. The van der Waals surface area contributed by atoms with Crippen molar-refractivity contribution in [2.45, 2.75) is 13.0 Å². The van der Waals surface area contributed by atoms with Crippen LogP contribution in [-0.4, -0.2) is 21.6 Å². The van der Waals surface area contributed by atoms with Crippen LogP contribution in [-0.2, 0) is 4.79 Å². The van der Waals surface area contributed by atoms with Gasteiger partial charge in [-0.15, -0.1) is 0 Å². The standard InChI is InChI=1S/C13H14ClN5O2/c1-7(19-6-8(5-17-19)12(16)20)13(21)18-11-4-9(14)2-3-10(11)15/h2-7H,15H2,1H3,(H2,16,20)(H,18,21). The number of nitrogen functional groups attached to an aromatic ring is 1. The fraction of sp³-hybridized carbons (Fsp3) is 0.154. The number of rotatable bonds is 4. The van der Waals surface area contributed by atoms with Crippen molar-refractivity contribution in [1.82, 2.24) is 9.78 Å². The van der Waals surface area contributed by atoms with Gasteiger partial charge in [0.25, 0.3) is 5.91 Å². The minimum atomic E-state index is -0.642. The Hall–Kier alpha value is -2.54. The summed E-state index contributed by atoms with van der Waals surface area (Å²) in [5.74, 6) is -0.948. The average Bonchev–Trinajstić information content (AvgIpc) is 2.91. The first-order chi connectivity index (χ1) is 9.88. The molecule has 0 spiro atoms. The Labute approximate surface area is 125 Å². The van der Waals surface area contributed by atoms with E-state index in [4.69, 9.17) is 23.1 Å². The molecule has 1 unspecified atom stereocenters. The first-order valence-electron chi connectivity index (χ1n) is 6.08. The van der Waals surface area contributed by atoms with Crippen LogP contribution in [0.5, 0.6) is 0 Å². The molecule has 21 heavy (non-hydrogen) atoms. The minimum absolute atomic E-state index is 0.233. The number of primary amides is 1. The zero-order valence-electron chi connectivity index (χ0n) is 11.2. The largest absolute Gasteiger partial charge is 0.397 e. The first kappa shape index (κ1) is 14.9. The second-order valence-corrected chi connectivity index (χ2v) is 4.91. The molecule has 2 rings (SSSR count). The van der Waals surface area contributed by atoms with Crippen LogP contribution in [0.3, 0.4) is 0 Å². The van der Waals surface area contributed by atoms with Crippen LogP contribution in [0.4, 0.5) is 11.4 Å². The summed E-state index contributed by atoms with van der Waals surface area (Å²) in [6, 6.07) is 4.14. The number of amides is 2. The summed E-state index contributed by atoms with van der Waals surface area (Å²) in [6.07, 6.45) is 2.72. The molecule has 8 heteroatoms. The highest BCUT2D eigenvalue weighted by atomic mass is 35.5. The number of benzene rings is 1. The molecule has 1 aromatic heterocycles. The van der Waals surface area contributed by atoms with E-state index in [1.165, 1.54) is 17.1 Å². The molecule has 7 nitrogen and oxygen atoms in total. The Kier molecular flexibility index (Phi) is 4.13. The van der Waals surface area contributed by atoms with Crippen LogP contribution < -0.4 is 16.8 Å². The maximum atomic E-state index is 12.2. The highest BCUT2D eigenvalue weighted by Crippen LogP contribution is 2.23. The highest BCUT2D eigenvalue weighted by Gasteiger charge is 2.18. The van der Waals surface area contributed by atoms with Crippen molar-refractivity contribution >= 4 is 34.8 Å². The number of nitrogens with zero attached hydrogens (tertiary/aromatic N) is 2. The third-order valence-electron chi connectivity index (χ3n) is 2.94. The summed E-state index contributed by atoms with van der Waals surface area (Å²) in [4.78, 5) is 23.2. The van der Waals surface area contributed by atoms with Gasteiger partial charge >= 0.3 is 0 Å². The van der Waals surface area contributed by atoms with Crippen LogP contribution in [0, 0.1) is 0 Å². The molecule has 2 aromatic rings.